The van der Waals surface area contributed by atoms with Crippen molar-refractivity contribution >= 4 is 28.3 Å². The van der Waals surface area contributed by atoms with E-state index in [1.165, 1.54) is 5.06 Å². The Kier molecular flexibility index (Phi) is 3.62. The predicted octanol–water partition coefficient (Wildman–Crippen LogP) is 4.63. The molecule has 0 radical (unpaired) electrons. The topological polar surface area (TPSA) is 38.8 Å². The predicted molar refractivity (Wildman–Crippen MR) is 99.2 cm³/mol. The minimum Gasteiger partial charge on any atom is -0.493 e. The van der Waals surface area contributed by atoms with Gasteiger partial charge in [-0.2, -0.15) is 0 Å². The number of carbonyl (C=O) groups excluding carboxylic acids is 1. The molecule has 2 atom stereocenters. The molecule has 2 aliphatic rings. The highest BCUT2D eigenvalue weighted by Gasteiger charge is 2.45. The fourth-order valence-electron chi connectivity index (χ4n) is 3.84. The second-order valence-corrected chi connectivity index (χ2v) is 7.08. The molecule has 3 aromatic rings. The van der Waals surface area contributed by atoms with E-state index in [4.69, 9.17) is 21.2 Å². The van der Waals surface area contributed by atoms with Gasteiger partial charge in [-0.25, -0.2) is 5.06 Å². The van der Waals surface area contributed by atoms with Crippen LogP contribution in [0.1, 0.15) is 22.0 Å². The Labute approximate surface area is 155 Å². The molecule has 0 bridgehead atoms. The summed E-state index contributed by atoms with van der Waals surface area (Å²) in [6.07, 6.45) is 0. The summed E-state index contributed by atoms with van der Waals surface area (Å²) < 4.78 is 5.96. The highest BCUT2D eigenvalue weighted by atomic mass is 35.5. The van der Waals surface area contributed by atoms with Gasteiger partial charge in [-0.3, -0.25) is 9.63 Å². The van der Waals surface area contributed by atoms with Crippen molar-refractivity contribution < 1.29 is 14.4 Å². The van der Waals surface area contributed by atoms with Gasteiger partial charge in [-0.1, -0.05) is 41.9 Å². The molecule has 26 heavy (non-hydrogen) atoms. The molecule has 0 saturated carbocycles. The van der Waals surface area contributed by atoms with Crippen molar-refractivity contribution in [2.45, 2.75) is 6.04 Å². The van der Waals surface area contributed by atoms with Crippen LogP contribution in [0.4, 0.5) is 0 Å². The first-order valence-corrected chi connectivity index (χ1v) is 8.96. The quantitative estimate of drug-likeness (QED) is 0.631. The maximum atomic E-state index is 13.1. The Morgan fingerprint density at radius 3 is 2.65 bits per heavy atom. The number of carbonyl (C=O) groups is 1. The summed E-state index contributed by atoms with van der Waals surface area (Å²) in [6.45, 7) is 1.01. The monoisotopic (exact) mass is 365 g/mol. The fourth-order valence-corrected chi connectivity index (χ4v) is 3.97. The molecule has 1 fully saturated rings. The van der Waals surface area contributed by atoms with Crippen molar-refractivity contribution in [3.63, 3.8) is 0 Å². The highest BCUT2D eigenvalue weighted by molar-refractivity contribution is 6.30. The van der Waals surface area contributed by atoms with Gasteiger partial charge >= 0.3 is 0 Å². The lowest BCUT2D eigenvalue weighted by molar-refractivity contribution is -0.0965. The van der Waals surface area contributed by atoms with E-state index in [1.807, 2.05) is 18.2 Å². The third-order valence-corrected chi connectivity index (χ3v) is 5.35. The van der Waals surface area contributed by atoms with Crippen molar-refractivity contribution in [3.8, 4) is 5.75 Å². The molecule has 5 heteroatoms. The maximum Gasteiger partial charge on any atom is 0.278 e. The lowest BCUT2D eigenvalue weighted by Crippen LogP contribution is -2.35. The average molecular weight is 366 g/mol. The van der Waals surface area contributed by atoms with Gasteiger partial charge in [0.25, 0.3) is 5.91 Å². The largest absolute Gasteiger partial charge is 0.493 e. The van der Waals surface area contributed by atoms with Gasteiger partial charge in [0, 0.05) is 22.1 Å². The van der Waals surface area contributed by atoms with E-state index in [0.717, 1.165) is 22.1 Å². The molecular weight excluding hydrogens is 350 g/mol. The standard InChI is InChI=1S/C21H16ClNO3/c22-16-8-5-14(6-9-16)21(24)23-20-15(12-26-23)11-25-18-10-7-13-3-1-2-4-17(13)19(18)20/h1-10,15,20H,11-12H2. The van der Waals surface area contributed by atoms with E-state index in [1.54, 1.807) is 24.3 Å². The molecule has 0 N–H and O–H groups in total. The zero-order valence-corrected chi connectivity index (χ0v) is 14.6. The van der Waals surface area contributed by atoms with Crippen molar-refractivity contribution in [3.05, 3.63) is 76.8 Å². The van der Waals surface area contributed by atoms with E-state index >= 15 is 0 Å². The van der Waals surface area contributed by atoms with Crippen LogP contribution in [0.15, 0.2) is 60.7 Å². The van der Waals surface area contributed by atoms with Crippen LogP contribution in [0.3, 0.4) is 0 Å². The maximum absolute atomic E-state index is 13.1. The van der Waals surface area contributed by atoms with Gasteiger partial charge in [0.15, 0.2) is 0 Å². The van der Waals surface area contributed by atoms with Gasteiger partial charge in [-0.05, 0) is 41.1 Å². The number of ether oxygens (including phenoxy) is 1. The van der Waals surface area contributed by atoms with E-state index in [0.29, 0.717) is 23.8 Å². The van der Waals surface area contributed by atoms with E-state index < -0.39 is 0 Å². The fraction of sp³-hybridized carbons (Fsp3) is 0.190. The van der Waals surface area contributed by atoms with Crippen molar-refractivity contribution in [2.24, 2.45) is 5.92 Å². The van der Waals surface area contributed by atoms with Crippen LogP contribution < -0.4 is 4.74 Å². The van der Waals surface area contributed by atoms with Gasteiger partial charge in [0.2, 0.25) is 0 Å². The SMILES string of the molecule is O=C(c1ccc(Cl)cc1)N1OCC2COc3ccc4ccccc4c3C21. The molecule has 130 valence electrons. The van der Waals surface area contributed by atoms with Crippen molar-refractivity contribution in [2.75, 3.05) is 13.2 Å². The van der Waals surface area contributed by atoms with Gasteiger partial charge in [-0.15, -0.1) is 0 Å². The van der Waals surface area contributed by atoms with Crippen LogP contribution >= 0.6 is 11.6 Å². The molecule has 4 nitrogen and oxygen atoms in total. The zero-order valence-electron chi connectivity index (χ0n) is 13.9. The molecule has 2 aliphatic heterocycles. The van der Waals surface area contributed by atoms with Crippen LogP contribution in [0, 0.1) is 5.92 Å². The van der Waals surface area contributed by atoms with E-state index in [9.17, 15) is 4.79 Å². The summed E-state index contributed by atoms with van der Waals surface area (Å²) >= 11 is 5.95. The minimum atomic E-state index is -0.159. The molecule has 1 saturated heterocycles. The van der Waals surface area contributed by atoms with Crippen LogP contribution in [-0.2, 0) is 4.84 Å². The second-order valence-electron chi connectivity index (χ2n) is 6.65. The summed E-state index contributed by atoms with van der Waals surface area (Å²) in [7, 11) is 0. The Balaban J connectivity index is 1.62. The molecule has 1 amide bonds. The third-order valence-electron chi connectivity index (χ3n) is 5.10. The lowest BCUT2D eigenvalue weighted by Gasteiger charge is -2.32. The van der Waals surface area contributed by atoms with Crippen LogP contribution in [0.25, 0.3) is 10.8 Å². The van der Waals surface area contributed by atoms with Crippen LogP contribution in [0.5, 0.6) is 5.75 Å². The normalized spacial score (nSPS) is 21.2. The van der Waals surface area contributed by atoms with Gasteiger partial charge in [0.05, 0.1) is 19.3 Å². The zero-order chi connectivity index (χ0) is 17.7. The average Bonchev–Trinajstić information content (AvgIpc) is 3.12. The summed E-state index contributed by atoms with van der Waals surface area (Å²) in [5.41, 5.74) is 1.59. The molecule has 0 aliphatic carbocycles. The van der Waals surface area contributed by atoms with Crippen LogP contribution in [-0.4, -0.2) is 24.2 Å². The number of hydrogen-bond acceptors (Lipinski definition) is 3. The first kappa shape index (κ1) is 15.7. The Morgan fingerprint density at radius 1 is 1.00 bits per heavy atom. The Morgan fingerprint density at radius 2 is 1.81 bits per heavy atom. The third kappa shape index (κ3) is 2.37. The first-order chi connectivity index (χ1) is 12.7. The number of benzene rings is 3. The van der Waals surface area contributed by atoms with E-state index in [-0.39, 0.29) is 17.9 Å². The molecule has 5 rings (SSSR count). The summed E-state index contributed by atoms with van der Waals surface area (Å²) in [5.74, 6) is 0.781. The Hall–Kier alpha value is -2.56. The summed E-state index contributed by atoms with van der Waals surface area (Å²) in [6, 6.07) is 18.9. The Bertz CT molecular complexity index is 1000. The first-order valence-electron chi connectivity index (χ1n) is 8.59. The summed E-state index contributed by atoms with van der Waals surface area (Å²) in [4.78, 5) is 18.9. The number of rotatable bonds is 1. The number of halogens is 1. The minimum absolute atomic E-state index is 0.115. The summed E-state index contributed by atoms with van der Waals surface area (Å²) in [5, 5.41) is 4.34. The molecule has 0 spiro atoms. The number of hydroxylamine groups is 2. The van der Waals surface area contributed by atoms with Crippen molar-refractivity contribution in [1.29, 1.82) is 0 Å². The molecule has 2 unspecified atom stereocenters. The highest BCUT2D eigenvalue weighted by Crippen LogP contribution is 2.47. The molecule has 3 aromatic carbocycles. The van der Waals surface area contributed by atoms with Crippen molar-refractivity contribution in [1.82, 2.24) is 5.06 Å². The second kappa shape index (κ2) is 6.01. The number of hydrogen-bond donors (Lipinski definition) is 0. The number of amides is 1. The number of fused-ring (bicyclic) bond motifs is 5. The molecule has 0 aromatic heterocycles. The lowest BCUT2D eigenvalue weighted by atomic mass is 9.88. The van der Waals surface area contributed by atoms with E-state index in [2.05, 4.69) is 18.2 Å². The van der Waals surface area contributed by atoms with Crippen LogP contribution in [0.2, 0.25) is 5.02 Å². The number of nitrogens with zero attached hydrogens (tertiary/aromatic N) is 1. The smallest absolute Gasteiger partial charge is 0.278 e. The molecule has 2 heterocycles. The molecular formula is C21H16ClNO3. The van der Waals surface area contributed by atoms with Gasteiger partial charge < -0.3 is 4.74 Å². The van der Waals surface area contributed by atoms with Gasteiger partial charge in [0.1, 0.15) is 5.75 Å².